The van der Waals surface area contributed by atoms with Crippen LogP contribution in [0.5, 0.6) is 0 Å². The number of ether oxygens (including phenoxy) is 1. The molecule has 0 bridgehead atoms. The van der Waals surface area contributed by atoms with Crippen LogP contribution >= 0.6 is 11.8 Å². The zero-order valence-electron chi connectivity index (χ0n) is 19.2. The molecule has 2 saturated heterocycles. The molecule has 9 heteroatoms. The fourth-order valence-electron chi connectivity index (χ4n) is 5.62. The van der Waals surface area contributed by atoms with Crippen LogP contribution in [0.2, 0.25) is 0 Å². The van der Waals surface area contributed by atoms with Gasteiger partial charge in [-0.2, -0.15) is 0 Å². The Balaban J connectivity index is 1.17. The number of hydrogen-bond donors (Lipinski definition) is 1. The van der Waals surface area contributed by atoms with E-state index in [1.807, 2.05) is 31.7 Å². The number of piperidine rings is 1. The van der Waals surface area contributed by atoms with Gasteiger partial charge in [0.2, 0.25) is 5.91 Å². The predicted molar refractivity (Wildman–Crippen MR) is 128 cm³/mol. The summed E-state index contributed by atoms with van der Waals surface area (Å²) in [7, 11) is 2.04. The minimum absolute atomic E-state index is 0.0549. The molecule has 1 atom stereocenters. The summed E-state index contributed by atoms with van der Waals surface area (Å²) in [5.41, 5.74) is 1.07. The first-order chi connectivity index (χ1) is 16.0. The normalized spacial score (nSPS) is 25.2. The van der Waals surface area contributed by atoms with E-state index < -0.39 is 0 Å². The number of hydrogen-bond acceptors (Lipinski definition) is 8. The number of amides is 1. The SMILES string of the molecule is C[C@H]1CC2(CCN(c3cnc(Sc4ccnc5c4NC(=O)CC4(CC4)N5C)cn3)CC2)CO1. The maximum absolute atomic E-state index is 12.6. The van der Waals surface area contributed by atoms with Crippen molar-refractivity contribution < 1.29 is 9.53 Å². The topological polar surface area (TPSA) is 83.5 Å². The van der Waals surface area contributed by atoms with E-state index in [1.165, 1.54) is 18.2 Å². The van der Waals surface area contributed by atoms with Crippen molar-refractivity contribution in [2.75, 3.05) is 41.9 Å². The molecule has 1 amide bonds. The summed E-state index contributed by atoms with van der Waals surface area (Å²) in [6.45, 7) is 5.06. The summed E-state index contributed by atoms with van der Waals surface area (Å²) in [4.78, 5) is 32.0. The van der Waals surface area contributed by atoms with Gasteiger partial charge in [-0.15, -0.1) is 0 Å². The molecule has 2 aromatic heterocycles. The third-order valence-corrected chi connectivity index (χ3v) is 8.85. The fraction of sp³-hybridized carbons (Fsp3) is 0.583. The number of anilines is 3. The zero-order valence-corrected chi connectivity index (χ0v) is 20.0. The van der Waals surface area contributed by atoms with Gasteiger partial charge in [0.25, 0.3) is 0 Å². The molecule has 33 heavy (non-hydrogen) atoms. The molecule has 3 fully saturated rings. The van der Waals surface area contributed by atoms with Gasteiger partial charge in [0, 0.05) is 31.2 Å². The van der Waals surface area contributed by atoms with Gasteiger partial charge in [-0.3, -0.25) is 4.79 Å². The number of nitrogens with zero attached hydrogens (tertiary/aromatic N) is 5. The Morgan fingerprint density at radius 3 is 2.64 bits per heavy atom. The van der Waals surface area contributed by atoms with Gasteiger partial charge in [-0.05, 0) is 50.5 Å². The number of carbonyl (C=O) groups is 1. The highest BCUT2D eigenvalue weighted by molar-refractivity contribution is 7.99. The maximum atomic E-state index is 12.6. The summed E-state index contributed by atoms with van der Waals surface area (Å²) in [5.74, 6) is 1.82. The van der Waals surface area contributed by atoms with Gasteiger partial charge in [-0.25, -0.2) is 15.0 Å². The molecule has 1 saturated carbocycles. The van der Waals surface area contributed by atoms with E-state index in [2.05, 4.69) is 32.0 Å². The van der Waals surface area contributed by atoms with Crippen molar-refractivity contribution in [1.82, 2.24) is 15.0 Å². The van der Waals surface area contributed by atoms with Gasteiger partial charge < -0.3 is 19.9 Å². The first-order valence-corrected chi connectivity index (χ1v) is 12.7. The number of rotatable bonds is 3. The molecule has 2 spiro atoms. The van der Waals surface area contributed by atoms with E-state index in [1.54, 1.807) is 0 Å². The lowest BCUT2D eigenvalue weighted by atomic mass is 9.77. The molecule has 1 N–H and O–H groups in total. The number of pyridine rings is 1. The Bertz CT molecular complexity index is 1070. The van der Waals surface area contributed by atoms with Crippen molar-refractivity contribution in [2.45, 2.75) is 67.0 Å². The van der Waals surface area contributed by atoms with Crippen molar-refractivity contribution in [3.05, 3.63) is 24.7 Å². The molecule has 174 valence electrons. The molecule has 8 nitrogen and oxygen atoms in total. The first kappa shape index (κ1) is 21.2. The maximum Gasteiger partial charge on any atom is 0.226 e. The summed E-state index contributed by atoms with van der Waals surface area (Å²) < 4.78 is 5.85. The van der Waals surface area contributed by atoms with Crippen LogP contribution in [0.4, 0.5) is 17.3 Å². The summed E-state index contributed by atoms with van der Waals surface area (Å²) in [6.07, 6.45) is 11.9. The first-order valence-electron chi connectivity index (χ1n) is 11.8. The molecule has 6 rings (SSSR count). The van der Waals surface area contributed by atoms with Crippen molar-refractivity contribution in [3.8, 4) is 0 Å². The lowest BCUT2D eigenvalue weighted by molar-refractivity contribution is -0.116. The molecular weight excluding hydrogens is 436 g/mol. The number of fused-ring (bicyclic) bond motifs is 1. The summed E-state index contributed by atoms with van der Waals surface area (Å²) in [5, 5.41) is 3.90. The molecular formula is C24H30N6O2S. The zero-order chi connectivity index (χ0) is 22.6. The second kappa shape index (κ2) is 7.84. The average molecular weight is 467 g/mol. The molecule has 1 aliphatic carbocycles. The fourth-order valence-corrected chi connectivity index (χ4v) is 6.43. The number of nitrogens with one attached hydrogen (secondary N) is 1. The Hall–Kier alpha value is -2.39. The monoisotopic (exact) mass is 466 g/mol. The van der Waals surface area contributed by atoms with E-state index in [9.17, 15) is 4.79 Å². The minimum atomic E-state index is -0.0667. The van der Waals surface area contributed by atoms with Crippen molar-refractivity contribution in [1.29, 1.82) is 0 Å². The van der Waals surface area contributed by atoms with Crippen LogP contribution in [0.1, 0.15) is 45.4 Å². The van der Waals surface area contributed by atoms with Crippen LogP contribution in [0, 0.1) is 5.41 Å². The minimum Gasteiger partial charge on any atom is -0.378 e. The Morgan fingerprint density at radius 1 is 1.15 bits per heavy atom. The standard InChI is InChI=1S/C24H30N6O2S/c1-16-11-23(15-32-16)6-9-30(10-7-23)18-13-27-20(14-26-18)33-17-3-8-25-22-21(17)28-19(31)12-24(4-5-24)29(22)2/h3,8,13-14,16H,4-7,9-12,15H2,1-2H3,(H,28,31)/t16-/m0/s1. The molecule has 4 aliphatic rings. The second-order valence-corrected chi connectivity index (χ2v) is 11.2. The van der Waals surface area contributed by atoms with Gasteiger partial charge in [0.15, 0.2) is 5.82 Å². The number of aromatic nitrogens is 3. The lowest BCUT2D eigenvalue weighted by Gasteiger charge is -2.38. The third kappa shape index (κ3) is 3.85. The third-order valence-electron chi connectivity index (χ3n) is 7.87. The van der Waals surface area contributed by atoms with Crippen LogP contribution < -0.4 is 15.1 Å². The van der Waals surface area contributed by atoms with Crippen LogP contribution in [0.3, 0.4) is 0 Å². The molecule has 5 heterocycles. The van der Waals surface area contributed by atoms with Crippen LogP contribution in [-0.2, 0) is 9.53 Å². The van der Waals surface area contributed by atoms with Gasteiger partial charge in [0.05, 0.1) is 42.8 Å². The molecule has 0 radical (unpaired) electrons. The van der Waals surface area contributed by atoms with Crippen LogP contribution in [-0.4, -0.2) is 59.2 Å². The van der Waals surface area contributed by atoms with Gasteiger partial charge in [0.1, 0.15) is 10.8 Å². The van der Waals surface area contributed by atoms with Crippen LogP contribution in [0.25, 0.3) is 0 Å². The average Bonchev–Trinajstić information content (AvgIpc) is 3.52. The molecule has 2 aromatic rings. The van der Waals surface area contributed by atoms with E-state index in [0.717, 1.165) is 72.6 Å². The highest BCUT2D eigenvalue weighted by atomic mass is 32.2. The highest BCUT2D eigenvalue weighted by Crippen LogP contribution is 2.50. The largest absolute Gasteiger partial charge is 0.378 e. The smallest absolute Gasteiger partial charge is 0.226 e. The molecule has 3 aliphatic heterocycles. The van der Waals surface area contributed by atoms with Crippen LogP contribution in [0.15, 0.2) is 34.6 Å². The van der Waals surface area contributed by atoms with Crippen molar-refractivity contribution in [3.63, 3.8) is 0 Å². The quantitative estimate of drug-likeness (QED) is 0.733. The van der Waals surface area contributed by atoms with Gasteiger partial charge >= 0.3 is 0 Å². The van der Waals surface area contributed by atoms with Crippen molar-refractivity contribution >= 4 is 35.0 Å². The van der Waals surface area contributed by atoms with Gasteiger partial charge in [-0.1, -0.05) is 11.8 Å². The lowest BCUT2D eigenvalue weighted by Crippen LogP contribution is -2.41. The van der Waals surface area contributed by atoms with E-state index in [4.69, 9.17) is 9.72 Å². The summed E-state index contributed by atoms with van der Waals surface area (Å²) >= 11 is 1.52. The Kier molecular flexibility index (Phi) is 5.03. The van der Waals surface area contributed by atoms with E-state index in [0.29, 0.717) is 17.9 Å². The Labute approximate surface area is 198 Å². The molecule has 0 unspecified atom stereocenters. The Morgan fingerprint density at radius 2 is 1.97 bits per heavy atom. The predicted octanol–water partition coefficient (Wildman–Crippen LogP) is 3.73. The molecule has 0 aromatic carbocycles. The second-order valence-electron chi connectivity index (χ2n) is 10.1. The number of carbonyl (C=O) groups excluding carboxylic acids is 1. The highest BCUT2D eigenvalue weighted by Gasteiger charge is 2.50. The van der Waals surface area contributed by atoms with E-state index in [-0.39, 0.29) is 11.4 Å². The summed E-state index contributed by atoms with van der Waals surface area (Å²) in [6, 6.07) is 1.94. The van der Waals surface area contributed by atoms with Crippen molar-refractivity contribution in [2.24, 2.45) is 5.41 Å². The van der Waals surface area contributed by atoms with E-state index >= 15 is 0 Å².